The Balaban J connectivity index is 2.52. The van der Waals surface area contributed by atoms with Gasteiger partial charge < -0.3 is 4.74 Å². The van der Waals surface area contributed by atoms with E-state index in [9.17, 15) is 4.79 Å². The number of hydrogen-bond acceptors (Lipinski definition) is 3. The van der Waals surface area contributed by atoms with Crippen LogP contribution in [0.1, 0.15) is 40.0 Å². The minimum Gasteiger partial charge on any atom is -0.460 e. The zero-order valence-electron chi connectivity index (χ0n) is 9.54. The summed E-state index contributed by atoms with van der Waals surface area (Å²) in [5.74, 6) is -0.211. The average molecular weight is 207 g/mol. The van der Waals surface area contributed by atoms with Crippen molar-refractivity contribution in [3.8, 4) is 6.07 Å². The van der Waals surface area contributed by atoms with Gasteiger partial charge in [0.15, 0.2) is 0 Å². The summed E-state index contributed by atoms with van der Waals surface area (Å²) >= 11 is 0. The maximum absolute atomic E-state index is 11.7. The van der Waals surface area contributed by atoms with Gasteiger partial charge in [-0.2, -0.15) is 5.26 Å². The van der Waals surface area contributed by atoms with Gasteiger partial charge in [-0.3, -0.25) is 4.79 Å². The number of rotatable bonds is 1. The molecule has 1 aliphatic rings. The molecule has 82 valence electrons. The van der Waals surface area contributed by atoms with E-state index in [4.69, 9.17) is 10.00 Å². The van der Waals surface area contributed by atoms with Gasteiger partial charge in [-0.15, -0.1) is 0 Å². The Hall–Kier alpha value is -1.30. The van der Waals surface area contributed by atoms with Gasteiger partial charge in [0.1, 0.15) is 5.60 Å². The maximum Gasteiger partial charge on any atom is 0.309 e. The number of allylic oxidation sites excluding steroid dienone is 2. The minimum atomic E-state index is -0.420. The minimum absolute atomic E-state index is 0.0682. The Morgan fingerprint density at radius 1 is 1.60 bits per heavy atom. The van der Waals surface area contributed by atoms with Gasteiger partial charge in [-0.1, -0.05) is 6.08 Å². The van der Waals surface area contributed by atoms with Crippen LogP contribution in [0, 0.1) is 17.2 Å². The lowest BCUT2D eigenvalue weighted by molar-refractivity contribution is -0.160. The predicted octanol–water partition coefficient (Wildman–Crippen LogP) is 2.58. The number of carbonyl (C=O) groups is 1. The van der Waals surface area contributed by atoms with Crippen molar-refractivity contribution >= 4 is 5.97 Å². The van der Waals surface area contributed by atoms with Crippen LogP contribution in [0.4, 0.5) is 0 Å². The van der Waals surface area contributed by atoms with Crippen LogP contribution < -0.4 is 0 Å². The van der Waals surface area contributed by atoms with Gasteiger partial charge in [0, 0.05) is 5.57 Å². The third-order valence-electron chi connectivity index (χ3n) is 2.29. The SMILES string of the molecule is CC(C)(C)OC(=O)C1CC=C(C#N)CC1. The van der Waals surface area contributed by atoms with E-state index >= 15 is 0 Å². The smallest absolute Gasteiger partial charge is 0.309 e. The van der Waals surface area contributed by atoms with Crippen LogP contribution in [0.25, 0.3) is 0 Å². The second-order valence-electron chi connectivity index (χ2n) is 4.85. The molecule has 0 saturated carbocycles. The molecule has 1 rings (SSSR count). The van der Waals surface area contributed by atoms with E-state index < -0.39 is 5.60 Å². The lowest BCUT2D eigenvalue weighted by Crippen LogP contribution is -2.29. The molecule has 1 unspecified atom stereocenters. The standard InChI is InChI=1S/C12H17NO2/c1-12(2,3)15-11(14)10-6-4-9(8-13)5-7-10/h4,10H,5-7H2,1-3H3. The maximum atomic E-state index is 11.7. The molecular weight excluding hydrogens is 190 g/mol. The highest BCUT2D eigenvalue weighted by molar-refractivity contribution is 5.73. The first kappa shape index (κ1) is 11.8. The van der Waals surface area contributed by atoms with Crippen molar-refractivity contribution in [2.45, 2.75) is 45.6 Å². The van der Waals surface area contributed by atoms with Crippen LogP contribution in [-0.4, -0.2) is 11.6 Å². The van der Waals surface area contributed by atoms with E-state index in [2.05, 4.69) is 6.07 Å². The first-order valence-corrected chi connectivity index (χ1v) is 5.24. The van der Waals surface area contributed by atoms with Crippen LogP contribution in [-0.2, 0) is 9.53 Å². The molecule has 1 aliphatic carbocycles. The molecule has 0 N–H and O–H groups in total. The van der Waals surface area contributed by atoms with E-state index in [-0.39, 0.29) is 11.9 Å². The van der Waals surface area contributed by atoms with Gasteiger partial charge in [-0.05, 0) is 40.0 Å². The average Bonchev–Trinajstić information content (AvgIpc) is 2.15. The zero-order chi connectivity index (χ0) is 11.5. The molecule has 0 saturated heterocycles. The van der Waals surface area contributed by atoms with E-state index in [1.165, 1.54) is 0 Å². The molecule has 3 heteroatoms. The second-order valence-corrected chi connectivity index (χ2v) is 4.85. The van der Waals surface area contributed by atoms with Crippen molar-refractivity contribution in [2.24, 2.45) is 5.92 Å². The first-order chi connectivity index (χ1) is 6.92. The number of nitrogens with zero attached hydrogens (tertiary/aromatic N) is 1. The summed E-state index contributed by atoms with van der Waals surface area (Å²) in [5.41, 5.74) is 0.367. The monoisotopic (exact) mass is 207 g/mol. The summed E-state index contributed by atoms with van der Waals surface area (Å²) in [6.07, 6.45) is 3.91. The molecule has 0 amide bonds. The third-order valence-corrected chi connectivity index (χ3v) is 2.29. The Morgan fingerprint density at radius 3 is 2.67 bits per heavy atom. The molecule has 0 aromatic heterocycles. The molecular formula is C12H17NO2. The Bertz CT molecular complexity index is 317. The highest BCUT2D eigenvalue weighted by Gasteiger charge is 2.26. The van der Waals surface area contributed by atoms with Gasteiger partial charge in [-0.25, -0.2) is 0 Å². The molecule has 0 fully saturated rings. The lowest BCUT2D eigenvalue weighted by atomic mass is 9.90. The fraction of sp³-hybridized carbons (Fsp3) is 0.667. The topological polar surface area (TPSA) is 50.1 Å². The highest BCUT2D eigenvalue weighted by atomic mass is 16.6. The van der Waals surface area contributed by atoms with Crippen LogP contribution in [0.5, 0.6) is 0 Å². The normalized spacial score (nSPS) is 21.5. The second kappa shape index (κ2) is 4.48. The van der Waals surface area contributed by atoms with Crippen LogP contribution in [0.3, 0.4) is 0 Å². The summed E-state index contributed by atoms with van der Waals surface area (Å²) in [6.45, 7) is 5.60. The van der Waals surface area contributed by atoms with Gasteiger partial charge in [0.2, 0.25) is 0 Å². The van der Waals surface area contributed by atoms with Crippen molar-refractivity contribution in [1.29, 1.82) is 5.26 Å². The molecule has 1 atom stereocenters. The van der Waals surface area contributed by atoms with E-state index in [1.54, 1.807) is 0 Å². The summed E-state index contributed by atoms with van der Waals surface area (Å²) < 4.78 is 5.29. The van der Waals surface area contributed by atoms with E-state index in [1.807, 2.05) is 26.8 Å². The quantitative estimate of drug-likeness (QED) is 0.621. The summed E-state index contributed by atoms with van der Waals surface area (Å²) in [5, 5.41) is 8.67. The molecule has 0 aromatic carbocycles. The van der Waals surface area contributed by atoms with E-state index in [0.29, 0.717) is 12.8 Å². The Labute approximate surface area is 90.7 Å². The summed E-state index contributed by atoms with van der Waals surface area (Å²) in [6, 6.07) is 2.12. The van der Waals surface area contributed by atoms with Crippen LogP contribution in [0.2, 0.25) is 0 Å². The van der Waals surface area contributed by atoms with Crippen molar-refractivity contribution < 1.29 is 9.53 Å². The fourth-order valence-corrected chi connectivity index (χ4v) is 1.53. The molecule has 0 radical (unpaired) electrons. The molecule has 3 nitrogen and oxygen atoms in total. The first-order valence-electron chi connectivity index (χ1n) is 5.24. The number of nitriles is 1. The fourth-order valence-electron chi connectivity index (χ4n) is 1.53. The van der Waals surface area contributed by atoms with Crippen LogP contribution >= 0.6 is 0 Å². The number of hydrogen-bond donors (Lipinski definition) is 0. The van der Waals surface area contributed by atoms with Crippen molar-refractivity contribution in [3.05, 3.63) is 11.6 Å². The molecule has 0 spiro atoms. The number of ether oxygens (including phenoxy) is 1. The van der Waals surface area contributed by atoms with Gasteiger partial charge in [0.25, 0.3) is 0 Å². The van der Waals surface area contributed by atoms with E-state index in [0.717, 1.165) is 12.0 Å². The number of esters is 1. The van der Waals surface area contributed by atoms with Crippen molar-refractivity contribution in [1.82, 2.24) is 0 Å². The largest absolute Gasteiger partial charge is 0.460 e. The zero-order valence-corrected chi connectivity index (χ0v) is 9.54. The third kappa shape index (κ3) is 3.75. The molecule has 0 bridgehead atoms. The predicted molar refractivity (Wildman–Crippen MR) is 56.9 cm³/mol. The molecule has 0 heterocycles. The molecule has 0 aliphatic heterocycles. The highest BCUT2D eigenvalue weighted by Crippen LogP contribution is 2.25. The Kier molecular flexibility index (Phi) is 3.52. The number of carbonyl (C=O) groups excluding carboxylic acids is 1. The summed E-state index contributed by atoms with van der Waals surface area (Å²) in [4.78, 5) is 11.7. The Morgan fingerprint density at radius 2 is 2.27 bits per heavy atom. The lowest BCUT2D eigenvalue weighted by Gasteiger charge is -2.24. The molecule has 15 heavy (non-hydrogen) atoms. The summed E-state index contributed by atoms with van der Waals surface area (Å²) in [7, 11) is 0. The van der Waals surface area contributed by atoms with Crippen molar-refractivity contribution in [2.75, 3.05) is 0 Å². The van der Waals surface area contributed by atoms with Gasteiger partial charge >= 0.3 is 5.97 Å². The van der Waals surface area contributed by atoms with Crippen LogP contribution in [0.15, 0.2) is 11.6 Å². The van der Waals surface area contributed by atoms with Crippen molar-refractivity contribution in [3.63, 3.8) is 0 Å². The molecule has 0 aromatic rings. The van der Waals surface area contributed by atoms with Gasteiger partial charge in [0.05, 0.1) is 12.0 Å².